The molecule has 0 aromatic carbocycles. The lowest BCUT2D eigenvalue weighted by molar-refractivity contribution is 0.0956. The molecule has 1 aliphatic carbocycles. The Morgan fingerprint density at radius 1 is 1.38 bits per heavy atom. The van der Waals surface area contributed by atoms with Crippen molar-refractivity contribution in [2.45, 2.75) is 39.5 Å². The van der Waals surface area contributed by atoms with Gasteiger partial charge in [0.05, 0.1) is 23.9 Å². The Balaban J connectivity index is 0.000000552. The molecule has 0 atom stereocenters. The molecule has 2 aromatic rings. The average molecular weight is 358 g/mol. The molecular weight excluding hydrogens is 332 g/mol. The molecule has 0 unspecified atom stereocenters. The number of aromatic nitrogens is 2. The molecule has 4 N–H and O–H groups in total. The fourth-order valence-corrected chi connectivity index (χ4v) is 2.66. The average Bonchev–Trinajstić information content (AvgIpc) is 3.09. The molecule has 0 bridgehead atoms. The van der Waals surface area contributed by atoms with Gasteiger partial charge in [-0.05, 0) is 32.7 Å². The van der Waals surface area contributed by atoms with Crippen LogP contribution in [0.4, 0.5) is 5.69 Å². The normalized spacial score (nSPS) is 12.7. The second kappa shape index (κ2) is 9.72. The van der Waals surface area contributed by atoms with Gasteiger partial charge < -0.3 is 20.8 Å². The first-order chi connectivity index (χ1) is 12.6. The van der Waals surface area contributed by atoms with E-state index in [1.165, 1.54) is 6.20 Å². The quantitative estimate of drug-likeness (QED) is 0.761. The fraction of sp³-hybridized carbons (Fsp3) is 0.421. The third kappa shape index (κ3) is 4.70. The van der Waals surface area contributed by atoms with E-state index in [4.69, 9.17) is 10.5 Å². The van der Waals surface area contributed by atoms with Gasteiger partial charge in [0, 0.05) is 30.6 Å². The van der Waals surface area contributed by atoms with Crippen molar-refractivity contribution in [2.75, 3.05) is 18.5 Å². The minimum atomic E-state index is -0.332. The summed E-state index contributed by atoms with van der Waals surface area (Å²) in [7, 11) is 0. The predicted molar refractivity (Wildman–Crippen MR) is 101 cm³/mol. The molecule has 7 heteroatoms. The SMILES string of the molecule is CCCN.CCOc1ccncc1NC(=O)c1c[nH]c2c1C(=O)CCC2. The van der Waals surface area contributed by atoms with Crippen molar-refractivity contribution in [1.82, 2.24) is 9.97 Å². The number of rotatable bonds is 5. The summed E-state index contributed by atoms with van der Waals surface area (Å²) in [5, 5.41) is 2.77. The zero-order chi connectivity index (χ0) is 18.9. The van der Waals surface area contributed by atoms with Crippen LogP contribution in [0.15, 0.2) is 24.7 Å². The van der Waals surface area contributed by atoms with E-state index in [-0.39, 0.29) is 11.7 Å². The maximum atomic E-state index is 12.5. The largest absolute Gasteiger partial charge is 0.492 e. The van der Waals surface area contributed by atoms with Crippen LogP contribution < -0.4 is 15.8 Å². The molecule has 1 aliphatic rings. The Bertz CT molecular complexity index is 753. The maximum Gasteiger partial charge on any atom is 0.258 e. The first-order valence-corrected chi connectivity index (χ1v) is 8.94. The topological polar surface area (TPSA) is 110 Å². The van der Waals surface area contributed by atoms with E-state index in [2.05, 4.69) is 22.2 Å². The number of carbonyl (C=O) groups excluding carboxylic acids is 2. The summed E-state index contributed by atoms with van der Waals surface area (Å²) in [6.45, 7) is 5.23. The van der Waals surface area contributed by atoms with Gasteiger partial charge in [-0.1, -0.05) is 6.92 Å². The summed E-state index contributed by atoms with van der Waals surface area (Å²) in [6.07, 6.45) is 7.93. The van der Waals surface area contributed by atoms with Gasteiger partial charge in [0.2, 0.25) is 0 Å². The van der Waals surface area contributed by atoms with Gasteiger partial charge in [0.1, 0.15) is 11.4 Å². The second-order valence-corrected chi connectivity index (χ2v) is 5.88. The number of amides is 1. The molecule has 1 amide bonds. The van der Waals surface area contributed by atoms with Gasteiger partial charge in [-0.15, -0.1) is 0 Å². The summed E-state index contributed by atoms with van der Waals surface area (Å²) in [6, 6.07) is 1.69. The number of fused-ring (bicyclic) bond motifs is 1. The number of ketones is 1. The standard InChI is InChI=1S/C16H17N3O3.C3H9N/c1-2-22-14-6-7-17-9-12(14)19-16(21)10-8-18-11-4-3-5-13(20)15(10)11;1-2-3-4/h6-9,18H,2-5H2,1H3,(H,19,21);2-4H2,1H3. The number of hydrogen-bond donors (Lipinski definition) is 3. The number of aryl methyl sites for hydroxylation is 1. The van der Waals surface area contributed by atoms with Crippen molar-refractivity contribution in [3.8, 4) is 5.75 Å². The molecule has 0 fully saturated rings. The number of aromatic amines is 1. The summed E-state index contributed by atoms with van der Waals surface area (Å²) in [5.41, 5.74) is 7.27. The molecule has 140 valence electrons. The molecule has 0 aliphatic heterocycles. The number of nitrogens with two attached hydrogens (primary N) is 1. The lowest BCUT2D eigenvalue weighted by Crippen LogP contribution is -2.18. The highest BCUT2D eigenvalue weighted by molar-refractivity contribution is 6.13. The highest BCUT2D eigenvalue weighted by Crippen LogP contribution is 2.27. The fourth-order valence-electron chi connectivity index (χ4n) is 2.66. The number of carbonyl (C=O) groups is 2. The van der Waals surface area contributed by atoms with Crippen molar-refractivity contribution in [1.29, 1.82) is 0 Å². The van der Waals surface area contributed by atoms with Gasteiger partial charge >= 0.3 is 0 Å². The van der Waals surface area contributed by atoms with Gasteiger partial charge in [0.25, 0.3) is 5.91 Å². The molecule has 26 heavy (non-hydrogen) atoms. The molecular formula is C19H26N4O3. The first-order valence-electron chi connectivity index (χ1n) is 8.94. The Morgan fingerprint density at radius 3 is 2.85 bits per heavy atom. The monoisotopic (exact) mass is 358 g/mol. The summed E-state index contributed by atoms with van der Waals surface area (Å²) in [5.74, 6) is 0.243. The van der Waals surface area contributed by atoms with E-state index in [1.807, 2.05) is 6.92 Å². The third-order valence-corrected chi connectivity index (χ3v) is 3.93. The molecule has 0 spiro atoms. The van der Waals surface area contributed by atoms with Crippen molar-refractivity contribution in [3.05, 3.63) is 41.5 Å². The smallest absolute Gasteiger partial charge is 0.258 e. The molecule has 7 nitrogen and oxygen atoms in total. The summed E-state index contributed by atoms with van der Waals surface area (Å²) >= 11 is 0. The van der Waals surface area contributed by atoms with E-state index in [1.54, 1.807) is 18.5 Å². The van der Waals surface area contributed by atoms with Gasteiger partial charge in [-0.2, -0.15) is 0 Å². The van der Waals surface area contributed by atoms with Crippen LogP contribution >= 0.6 is 0 Å². The van der Waals surface area contributed by atoms with Gasteiger partial charge in [-0.25, -0.2) is 0 Å². The molecule has 0 saturated carbocycles. The molecule has 2 heterocycles. The number of pyridine rings is 1. The van der Waals surface area contributed by atoms with Crippen LogP contribution in [0.3, 0.4) is 0 Å². The minimum absolute atomic E-state index is 0.0175. The molecule has 0 radical (unpaired) electrons. The lowest BCUT2D eigenvalue weighted by Gasteiger charge is -2.13. The van der Waals surface area contributed by atoms with Crippen LogP contribution in [0.1, 0.15) is 59.5 Å². The number of Topliss-reactive ketones (excluding diaryl/α,β-unsaturated/α-hetero) is 1. The van der Waals surface area contributed by atoms with Crippen molar-refractivity contribution in [2.24, 2.45) is 5.73 Å². The van der Waals surface area contributed by atoms with E-state index in [9.17, 15) is 9.59 Å². The Hall–Kier alpha value is -2.67. The second-order valence-electron chi connectivity index (χ2n) is 5.88. The first kappa shape index (κ1) is 19.7. The van der Waals surface area contributed by atoms with Crippen molar-refractivity contribution < 1.29 is 14.3 Å². The molecule has 2 aromatic heterocycles. The number of anilines is 1. The van der Waals surface area contributed by atoms with E-state index >= 15 is 0 Å². The maximum absolute atomic E-state index is 12.5. The zero-order valence-electron chi connectivity index (χ0n) is 15.3. The number of nitrogens with one attached hydrogen (secondary N) is 2. The lowest BCUT2D eigenvalue weighted by atomic mass is 9.93. The zero-order valence-corrected chi connectivity index (χ0v) is 15.3. The van der Waals surface area contributed by atoms with Gasteiger partial charge in [-0.3, -0.25) is 14.6 Å². The Kier molecular flexibility index (Phi) is 7.35. The highest BCUT2D eigenvalue weighted by atomic mass is 16.5. The number of ether oxygens (including phenoxy) is 1. The minimum Gasteiger partial charge on any atom is -0.492 e. The molecule has 3 rings (SSSR count). The highest BCUT2D eigenvalue weighted by Gasteiger charge is 2.26. The van der Waals surface area contributed by atoms with Crippen LogP contribution in [0.5, 0.6) is 5.75 Å². The van der Waals surface area contributed by atoms with E-state index in [0.29, 0.717) is 35.6 Å². The van der Waals surface area contributed by atoms with E-state index < -0.39 is 0 Å². The van der Waals surface area contributed by atoms with Crippen LogP contribution in [0.25, 0.3) is 0 Å². The summed E-state index contributed by atoms with van der Waals surface area (Å²) < 4.78 is 5.46. The molecule has 0 saturated heterocycles. The van der Waals surface area contributed by atoms with Crippen LogP contribution in [0.2, 0.25) is 0 Å². The van der Waals surface area contributed by atoms with Crippen LogP contribution in [-0.4, -0.2) is 34.8 Å². The van der Waals surface area contributed by atoms with E-state index in [0.717, 1.165) is 31.5 Å². The van der Waals surface area contributed by atoms with Crippen LogP contribution in [-0.2, 0) is 6.42 Å². The predicted octanol–water partition coefficient (Wildman–Crippen LogP) is 2.93. The van der Waals surface area contributed by atoms with Crippen molar-refractivity contribution in [3.63, 3.8) is 0 Å². The Morgan fingerprint density at radius 2 is 2.15 bits per heavy atom. The van der Waals surface area contributed by atoms with Crippen LogP contribution in [0, 0.1) is 0 Å². The Labute approximate surface area is 153 Å². The number of H-pyrrole nitrogens is 1. The number of hydrogen-bond acceptors (Lipinski definition) is 5. The van der Waals surface area contributed by atoms with Crippen molar-refractivity contribution >= 4 is 17.4 Å². The number of nitrogens with zero attached hydrogens (tertiary/aromatic N) is 1. The third-order valence-electron chi connectivity index (χ3n) is 3.93. The van der Waals surface area contributed by atoms with Gasteiger partial charge in [0.15, 0.2) is 5.78 Å². The summed E-state index contributed by atoms with van der Waals surface area (Å²) in [4.78, 5) is 31.6.